The molecule has 94 valence electrons. The van der Waals surface area contributed by atoms with E-state index in [0.717, 1.165) is 6.42 Å². The zero-order valence-corrected chi connectivity index (χ0v) is 10.6. The highest BCUT2D eigenvalue weighted by Gasteiger charge is 2.25. The molecule has 2 fully saturated rings. The van der Waals surface area contributed by atoms with E-state index in [1.54, 1.807) is 0 Å². The Morgan fingerprint density at radius 1 is 1.06 bits per heavy atom. The third kappa shape index (κ3) is 3.19. The van der Waals surface area contributed by atoms with Gasteiger partial charge in [-0.05, 0) is 38.3 Å². The van der Waals surface area contributed by atoms with Crippen LogP contribution in [0.25, 0.3) is 0 Å². The first-order valence-electron chi connectivity index (χ1n) is 6.92. The lowest BCUT2D eigenvalue weighted by Crippen LogP contribution is -2.46. The van der Waals surface area contributed by atoms with E-state index >= 15 is 0 Å². The van der Waals surface area contributed by atoms with Crippen molar-refractivity contribution >= 4 is 0 Å². The predicted octanol–water partition coefficient (Wildman–Crippen LogP) is 1.17. The normalized spacial score (nSPS) is 33.4. The first kappa shape index (κ1) is 12.3. The van der Waals surface area contributed by atoms with Crippen LogP contribution in [0.15, 0.2) is 0 Å². The Balaban J connectivity index is 1.63. The van der Waals surface area contributed by atoms with Crippen LogP contribution < -0.4 is 0 Å². The van der Waals surface area contributed by atoms with Crippen LogP contribution >= 0.6 is 0 Å². The summed E-state index contributed by atoms with van der Waals surface area (Å²) in [6.45, 7) is 9.51. The van der Waals surface area contributed by atoms with Crippen LogP contribution in [0.3, 0.4) is 0 Å². The molecule has 2 atom stereocenters. The smallest absolute Gasteiger partial charge is 0.0568 e. The molecule has 1 N–H and O–H groups in total. The summed E-state index contributed by atoms with van der Waals surface area (Å²) in [5.74, 6) is 0.587. The number of aliphatic hydroxyl groups is 1. The van der Waals surface area contributed by atoms with E-state index in [4.69, 9.17) is 0 Å². The van der Waals surface area contributed by atoms with E-state index in [2.05, 4.69) is 16.7 Å². The van der Waals surface area contributed by atoms with E-state index in [-0.39, 0.29) is 6.10 Å². The van der Waals surface area contributed by atoms with Gasteiger partial charge in [0, 0.05) is 26.2 Å². The average molecular weight is 226 g/mol. The van der Waals surface area contributed by atoms with Gasteiger partial charge in [0.15, 0.2) is 0 Å². The number of hydrogen-bond acceptors (Lipinski definition) is 3. The summed E-state index contributed by atoms with van der Waals surface area (Å²) < 4.78 is 0. The molecule has 0 amide bonds. The third-order valence-corrected chi connectivity index (χ3v) is 4.35. The maximum atomic E-state index is 9.77. The lowest BCUT2D eigenvalue weighted by atomic mass is 10.0. The Labute approximate surface area is 99.4 Å². The number of rotatable bonds is 4. The van der Waals surface area contributed by atoms with Crippen LogP contribution in [0.4, 0.5) is 0 Å². The molecule has 1 heterocycles. The quantitative estimate of drug-likeness (QED) is 0.779. The summed E-state index contributed by atoms with van der Waals surface area (Å²) in [4.78, 5) is 5.08. The third-order valence-electron chi connectivity index (χ3n) is 4.35. The number of hydrogen-bond donors (Lipinski definition) is 1. The van der Waals surface area contributed by atoms with Gasteiger partial charge in [-0.2, -0.15) is 0 Å². The van der Waals surface area contributed by atoms with Crippen LogP contribution in [0.1, 0.15) is 32.6 Å². The van der Waals surface area contributed by atoms with Crippen LogP contribution in [0.2, 0.25) is 0 Å². The summed E-state index contributed by atoms with van der Waals surface area (Å²) in [5.41, 5.74) is 0. The molecule has 1 aliphatic heterocycles. The Morgan fingerprint density at radius 2 is 1.75 bits per heavy atom. The molecule has 3 nitrogen and oxygen atoms in total. The van der Waals surface area contributed by atoms with Gasteiger partial charge in [0.1, 0.15) is 0 Å². The fourth-order valence-electron chi connectivity index (χ4n) is 3.03. The fraction of sp³-hybridized carbons (Fsp3) is 1.00. The minimum atomic E-state index is -0.00284. The Bertz CT molecular complexity index is 202. The van der Waals surface area contributed by atoms with Crippen molar-refractivity contribution in [2.45, 2.75) is 38.7 Å². The maximum Gasteiger partial charge on any atom is 0.0568 e. The summed E-state index contributed by atoms with van der Waals surface area (Å²) in [5, 5.41) is 9.77. The molecule has 2 rings (SSSR count). The van der Waals surface area contributed by atoms with Crippen LogP contribution in [-0.2, 0) is 0 Å². The van der Waals surface area contributed by atoms with Crippen molar-refractivity contribution in [1.82, 2.24) is 9.80 Å². The molecule has 16 heavy (non-hydrogen) atoms. The second kappa shape index (κ2) is 5.99. The van der Waals surface area contributed by atoms with Crippen molar-refractivity contribution in [3.8, 4) is 0 Å². The molecular weight excluding hydrogens is 200 g/mol. The standard InChI is InChI=1S/C13H26N2O/c1-2-14-8-10-15(11-9-14)7-6-12-4-3-5-13(12)16/h12-13,16H,2-11H2,1H3. The van der Waals surface area contributed by atoms with Gasteiger partial charge in [0.05, 0.1) is 6.10 Å². The first-order valence-corrected chi connectivity index (χ1v) is 6.92. The lowest BCUT2D eigenvalue weighted by Gasteiger charge is -2.34. The molecule has 0 aromatic heterocycles. The predicted molar refractivity (Wildman–Crippen MR) is 66.5 cm³/mol. The van der Waals surface area contributed by atoms with E-state index in [1.807, 2.05) is 0 Å². The highest BCUT2D eigenvalue weighted by atomic mass is 16.3. The molecule has 1 saturated carbocycles. The molecular formula is C13H26N2O. The molecule has 0 aromatic rings. The molecule has 0 spiro atoms. The summed E-state index contributed by atoms with van der Waals surface area (Å²) in [6, 6.07) is 0. The molecule has 2 aliphatic rings. The number of nitrogens with zero attached hydrogens (tertiary/aromatic N) is 2. The molecule has 0 radical (unpaired) electrons. The molecule has 2 unspecified atom stereocenters. The van der Waals surface area contributed by atoms with Gasteiger partial charge in [-0.25, -0.2) is 0 Å². The number of aliphatic hydroxyl groups excluding tert-OH is 1. The van der Waals surface area contributed by atoms with Gasteiger partial charge in [0.2, 0.25) is 0 Å². The van der Waals surface area contributed by atoms with Crippen molar-refractivity contribution in [3.05, 3.63) is 0 Å². The number of likely N-dealkylation sites (N-methyl/N-ethyl adjacent to an activating group) is 1. The minimum absolute atomic E-state index is 0.00284. The highest BCUT2D eigenvalue weighted by molar-refractivity contribution is 4.79. The highest BCUT2D eigenvalue weighted by Crippen LogP contribution is 2.28. The van der Waals surface area contributed by atoms with Crippen LogP contribution in [-0.4, -0.2) is 60.3 Å². The Hall–Kier alpha value is -0.120. The van der Waals surface area contributed by atoms with Gasteiger partial charge in [0.25, 0.3) is 0 Å². The minimum Gasteiger partial charge on any atom is -0.393 e. The monoisotopic (exact) mass is 226 g/mol. The van der Waals surface area contributed by atoms with Gasteiger partial charge >= 0.3 is 0 Å². The topological polar surface area (TPSA) is 26.7 Å². The maximum absolute atomic E-state index is 9.77. The fourth-order valence-corrected chi connectivity index (χ4v) is 3.03. The van der Waals surface area contributed by atoms with Gasteiger partial charge in [-0.3, -0.25) is 0 Å². The van der Waals surface area contributed by atoms with Crippen molar-refractivity contribution < 1.29 is 5.11 Å². The lowest BCUT2D eigenvalue weighted by molar-refractivity contribution is 0.0996. The van der Waals surface area contributed by atoms with Crippen LogP contribution in [0.5, 0.6) is 0 Å². The van der Waals surface area contributed by atoms with E-state index < -0.39 is 0 Å². The molecule has 0 aromatic carbocycles. The van der Waals surface area contributed by atoms with Crippen LogP contribution in [0, 0.1) is 5.92 Å². The van der Waals surface area contributed by atoms with E-state index in [1.165, 1.54) is 58.5 Å². The summed E-state index contributed by atoms with van der Waals surface area (Å²) in [7, 11) is 0. The Morgan fingerprint density at radius 3 is 2.31 bits per heavy atom. The zero-order chi connectivity index (χ0) is 11.4. The van der Waals surface area contributed by atoms with Crippen molar-refractivity contribution in [2.75, 3.05) is 39.3 Å². The average Bonchev–Trinajstić information content (AvgIpc) is 2.73. The van der Waals surface area contributed by atoms with Crippen molar-refractivity contribution in [2.24, 2.45) is 5.92 Å². The Kier molecular flexibility index (Phi) is 4.62. The first-order chi connectivity index (χ1) is 7.79. The van der Waals surface area contributed by atoms with E-state index in [9.17, 15) is 5.11 Å². The zero-order valence-electron chi connectivity index (χ0n) is 10.6. The molecule has 1 aliphatic carbocycles. The number of piperazine rings is 1. The summed E-state index contributed by atoms with van der Waals surface area (Å²) in [6.07, 6.45) is 4.71. The van der Waals surface area contributed by atoms with Gasteiger partial charge in [-0.15, -0.1) is 0 Å². The second-order valence-electron chi connectivity index (χ2n) is 5.32. The van der Waals surface area contributed by atoms with Crippen molar-refractivity contribution in [1.29, 1.82) is 0 Å². The van der Waals surface area contributed by atoms with Gasteiger partial charge in [-0.1, -0.05) is 13.3 Å². The van der Waals surface area contributed by atoms with E-state index in [0.29, 0.717) is 5.92 Å². The summed E-state index contributed by atoms with van der Waals surface area (Å²) >= 11 is 0. The molecule has 1 saturated heterocycles. The largest absolute Gasteiger partial charge is 0.393 e. The molecule has 3 heteroatoms. The van der Waals surface area contributed by atoms with Gasteiger partial charge < -0.3 is 14.9 Å². The molecule has 0 bridgehead atoms. The second-order valence-corrected chi connectivity index (χ2v) is 5.32. The SMILES string of the molecule is CCN1CCN(CCC2CCCC2O)CC1. The van der Waals surface area contributed by atoms with Crippen molar-refractivity contribution in [3.63, 3.8) is 0 Å².